The molecule has 0 saturated heterocycles. The molecule has 0 aromatic carbocycles. The van der Waals surface area contributed by atoms with Crippen molar-refractivity contribution < 1.29 is 0 Å². The van der Waals surface area contributed by atoms with Crippen molar-refractivity contribution in [2.75, 3.05) is 19.6 Å². The minimum Gasteiger partial charge on any atom is -0.304 e. The molecule has 0 aliphatic rings. The van der Waals surface area contributed by atoms with Crippen LogP contribution < -0.4 is 0 Å². The van der Waals surface area contributed by atoms with Gasteiger partial charge in [-0.2, -0.15) is 0 Å². The number of pyridine rings is 1. The second-order valence-electron chi connectivity index (χ2n) is 4.03. The topological polar surface area (TPSA) is 16.1 Å². The lowest BCUT2D eigenvalue weighted by molar-refractivity contribution is 0.321. The highest BCUT2D eigenvalue weighted by Crippen LogP contribution is 2.03. The van der Waals surface area contributed by atoms with Gasteiger partial charge in [0.15, 0.2) is 0 Å². The lowest BCUT2D eigenvalue weighted by atomic mass is 10.2. The first-order valence-corrected chi connectivity index (χ1v) is 6.17. The third-order valence-corrected chi connectivity index (χ3v) is 2.82. The van der Waals surface area contributed by atoms with Crippen LogP contribution >= 0.6 is 0 Å². The van der Waals surface area contributed by atoms with Gasteiger partial charge in [0, 0.05) is 11.9 Å². The summed E-state index contributed by atoms with van der Waals surface area (Å²) >= 11 is 0. The van der Waals surface area contributed by atoms with Crippen molar-refractivity contribution in [3.8, 4) is 0 Å². The fraction of sp³-hybridized carbons (Fsp3) is 0.643. The van der Waals surface area contributed by atoms with Crippen LogP contribution in [0.5, 0.6) is 0 Å². The minimum absolute atomic E-state index is 1.13. The van der Waals surface area contributed by atoms with E-state index in [0.717, 1.165) is 5.69 Å². The third-order valence-electron chi connectivity index (χ3n) is 2.82. The van der Waals surface area contributed by atoms with Crippen LogP contribution in [-0.2, 0) is 0 Å². The van der Waals surface area contributed by atoms with Gasteiger partial charge in [-0.3, -0.25) is 4.98 Å². The van der Waals surface area contributed by atoms with Crippen LogP contribution in [0.4, 0.5) is 0 Å². The Morgan fingerprint density at radius 2 is 1.50 bits per heavy atom. The quantitative estimate of drug-likeness (QED) is 0.779. The largest absolute Gasteiger partial charge is 0.304 e. The van der Waals surface area contributed by atoms with Crippen LogP contribution in [0, 0.1) is 20.8 Å². The van der Waals surface area contributed by atoms with Crippen molar-refractivity contribution in [2.24, 2.45) is 0 Å². The summed E-state index contributed by atoms with van der Waals surface area (Å²) in [6.45, 7) is 16.3. The second kappa shape index (κ2) is 8.28. The lowest BCUT2D eigenvalue weighted by Crippen LogP contribution is -2.21. The van der Waals surface area contributed by atoms with Crippen LogP contribution in [0.25, 0.3) is 0 Å². The van der Waals surface area contributed by atoms with Gasteiger partial charge in [0.05, 0.1) is 0 Å². The van der Waals surface area contributed by atoms with Gasteiger partial charge in [0.1, 0.15) is 0 Å². The van der Waals surface area contributed by atoms with Crippen molar-refractivity contribution in [1.82, 2.24) is 9.88 Å². The first-order chi connectivity index (χ1) is 7.54. The Balaban J connectivity index is 0.000000293. The number of hydrogen-bond acceptors (Lipinski definition) is 2. The molecule has 0 unspecified atom stereocenters. The van der Waals surface area contributed by atoms with Gasteiger partial charge in [-0.15, -0.1) is 0 Å². The Morgan fingerprint density at radius 1 is 1.00 bits per heavy atom. The number of aryl methyl sites for hydroxylation is 3. The van der Waals surface area contributed by atoms with Crippen molar-refractivity contribution in [3.05, 3.63) is 29.1 Å². The second-order valence-corrected chi connectivity index (χ2v) is 4.03. The minimum atomic E-state index is 1.13. The van der Waals surface area contributed by atoms with Gasteiger partial charge in [-0.05, 0) is 51.5 Å². The highest BCUT2D eigenvalue weighted by Gasteiger charge is 1.90. The monoisotopic (exact) mass is 222 g/mol. The van der Waals surface area contributed by atoms with Crippen LogP contribution in [0.3, 0.4) is 0 Å². The molecule has 1 rings (SSSR count). The molecule has 1 aromatic rings. The number of hydrogen-bond donors (Lipinski definition) is 0. The molecule has 0 bridgehead atoms. The summed E-state index contributed by atoms with van der Waals surface area (Å²) in [6.07, 6.45) is 1.89. The van der Waals surface area contributed by atoms with E-state index in [4.69, 9.17) is 0 Å². The van der Waals surface area contributed by atoms with E-state index in [2.05, 4.69) is 50.6 Å². The van der Waals surface area contributed by atoms with Crippen molar-refractivity contribution in [3.63, 3.8) is 0 Å². The van der Waals surface area contributed by atoms with E-state index in [-0.39, 0.29) is 0 Å². The Bertz CT molecular complexity index is 285. The SMILES string of the molecule is CCN(CC)CC.Cc1cnc(C)c(C)c1. The molecule has 2 nitrogen and oxygen atoms in total. The molecule has 0 aliphatic heterocycles. The molecule has 1 aromatic heterocycles. The Kier molecular flexibility index (Phi) is 7.82. The summed E-state index contributed by atoms with van der Waals surface area (Å²) in [4.78, 5) is 6.55. The Labute approximate surface area is 101 Å². The molecule has 0 aliphatic carbocycles. The van der Waals surface area contributed by atoms with E-state index in [1.165, 1.54) is 30.8 Å². The van der Waals surface area contributed by atoms with Crippen LogP contribution in [0.15, 0.2) is 12.3 Å². The molecule has 2 heteroatoms. The van der Waals surface area contributed by atoms with Gasteiger partial charge >= 0.3 is 0 Å². The highest BCUT2D eigenvalue weighted by molar-refractivity contribution is 5.21. The first-order valence-electron chi connectivity index (χ1n) is 6.17. The molecule has 1 heterocycles. The summed E-state index contributed by atoms with van der Waals surface area (Å²) in [5.74, 6) is 0. The van der Waals surface area contributed by atoms with Gasteiger partial charge in [0.25, 0.3) is 0 Å². The maximum Gasteiger partial charge on any atom is 0.0401 e. The average Bonchev–Trinajstić information content (AvgIpc) is 2.27. The number of nitrogens with zero attached hydrogens (tertiary/aromatic N) is 2. The third kappa shape index (κ3) is 5.86. The standard InChI is InChI=1S/C8H11N.C6H15N/c1-6-4-7(2)8(3)9-5-6;1-4-7(5-2)6-3/h4-5H,1-3H3;4-6H2,1-3H3. The highest BCUT2D eigenvalue weighted by atomic mass is 15.1. The fourth-order valence-electron chi connectivity index (χ4n) is 1.45. The molecule has 0 N–H and O–H groups in total. The summed E-state index contributed by atoms with van der Waals surface area (Å²) in [6, 6.07) is 2.14. The van der Waals surface area contributed by atoms with Crippen LogP contribution in [0.2, 0.25) is 0 Å². The predicted octanol–water partition coefficient (Wildman–Crippen LogP) is 3.35. The average molecular weight is 222 g/mol. The van der Waals surface area contributed by atoms with Gasteiger partial charge in [-0.25, -0.2) is 0 Å². The molecular weight excluding hydrogens is 196 g/mol. The fourth-order valence-corrected chi connectivity index (χ4v) is 1.45. The molecule has 92 valence electrons. The van der Waals surface area contributed by atoms with Gasteiger partial charge in [-0.1, -0.05) is 26.8 Å². The maximum absolute atomic E-state index is 4.18. The van der Waals surface area contributed by atoms with Crippen molar-refractivity contribution in [2.45, 2.75) is 41.5 Å². The molecule has 0 atom stereocenters. The number of aromatic nitrogens is 1. The lowest BCUT2D eigenvalue weighted by Gasteiger charge is -2.13. The van der Waals surface area contributed by atoms with Crippen molar-refractivity contribution in [1.29, 1.82) is 0 Å². The molecule has 0 fully saturated rings. The number of rotatable bonds is 3. The summed E-state index contributed by atoms with van der Waals surface area (Å²) in [5, 5.41) is 0. The van der Waals surface area contributed by atoms with E-state index in [9.17, 15) is 0 Å². The predicted molar refractivity (Wildman–Crippen MR) is 71.9 cm³/mol. The van der Waals surface area contributed by atoms with Gasteiger partial charge < -0.3 is 4.90 Å². The molecule has 0 spiro atoms. The first kappa shape index (κ1) is 15.1. The Morgan fingerprint density at radius 3 is 1.75 bits per heavy atom. The van der Waals surface area contributed by atoms with Crippen LogP contribution in [-0.4, -0.2) is 29.5 Å². The van der Waals surface area contributed by atoms with E-state index < -0.39 is 0 Å². The molecule has 0 saturated carbocycles. The smallest absolute Gasteiger partial charge is 0.0401 e. The van der Waals surface area contributed by atoms with E-state index in [1.807, 2.05) is 13.1 Å². The zero-order valence-electron chi connectivity index (χ0n) is 11.7. The Hall–Kier alpha value is -0.890. The summed E-state index contributed by atoms with van der Waals surface area (Å²) < 4.78 is 0. The zero-order chi connectivity index (χ0) is 12.6. The normalized spacial score (nSPS) is 9.94. The van der Waals surface area contributed by atoms with E-state index in [0.29, 0.717) is 0 Å². The van der Waals surface area contributed by atoms with Crippen molar-refractivity contribution >= 4 is 0 Å². The van der Waals surface area contributed by atoms with E-state index in [1.54, 1.807) is 0 Å². The summed E-state index contributed by atoms with van der Waals surface area (Å²) in [7, 11) is 0. The summed E-state index contributed by atoms with van der Waals surface area (Å²) in [5.41, 5.74) is 3.63. The van der Waals surface area contributed by atoms with E-state index >= 15 is 0 Å². The molecule has 16 heavy (non-hydrogen) atoms. The van der Waals surface area contributed by atoms with Crippen LogP contribution in [0.1, 0.15) is 37.6 Å². The maximum atomic E-state index is 4.18. The molecular formula is C14H26N2. The molecule has 0 amide bonds. The zero-order valence-corrected chi connectivity index (χ0v) is 11.7. The molecule has 0 radical (unpaired) electrons. The van der Waals surface area contributed by atoms with Gasteiger partial charge in [0.2, 0.25) is 0 Å².